The van der Waals surface area contributed by atoms with Gasteiger partial charge >= 0.3 is 12.0 Å². The summed E-state index contributed by atoms with van der Waals surface area (Å²) in [6.45, 7) is 3.64. The van der Waals surface area contributed by atoms with Gasteiger partial charge in [0.15, 0.2) is 0 Å². The fraction of sp³-hybridized carbons (Fsp3) is 0.250. The third-order valence-electron chi connectivity index (χ3n) is 3.31. The molecular weight excluding hydrogens is 339 g/mol. The van der Waals surface area contributed by atoms with Gasteiger partial charge in [-0.15, -0.1) is 0 Å². The average molecular weight is 355 g/mol. The minimum absolute atomic E-state index is 0.161. The lowest BCUT2D eigenvalue weighted by Crippen LogP contribution is -2.45. The van der Waals surface area contributed by atoms with E-state index in [2.05, 4.69) is 10.6 Å². The Labute approximate surface area is 144 Å². The van der Waals surface area contributed by atoms with Crippen LogP contribution in [0.5, 0.6) is 0 Å². The van der Waals surface area contributed by atoms with E-state index in [0.29, 0.717) is 26.9 Å². The summed E-state index contributed by atoms with van der Waals surface area (Å²) in [4.78, 5) is 24.1. The number of allylic oxidation sites excluding steroid dienone is 2. The highest BCUT2D eigenvalue weighted by atomic mass is 35.5. The zero-order valence-corrected chi connectivity index (χ0v) is 14.2. The van der Waals surface area contributed by atoms with Gasteiger partial charge in [-0.1, -0.05) is 41.4 Å². The highest BCUT2D eigenvalue weighted by molar-refractivity contribution is 6.42. The molecule has 1 aromatic carbocycles. The molecule has 0 fully saturated rings. The molecule has 7 heteroatoms. The molecule has 0 aromatic heterocycles. The minimum atomic E-state index is -0.656. The van der Waals surface area contributed by atoms with Crippen molar-refractivity contribution >= 4 is 35.2 Å². The van der Waals surface area contributed by atoms with Gasteiger partial charge in [-0.25, -0.2) is 9.59 Å². The van der Waals surface area contributed by atoms with Crippen LogP contribution in [0.4, 0.5) is 4.79 Å². The van der Waals surface area contributed by atoms with Crippen molar-refractivity contribution in [2.75, 3.05) is 6.61 Å². The number of hydrogen-bond donors (Lipinski definition) is 2. The van der Waals surface area contributed by atoms with Gasteiger partial charge in [0.1, 0.15) is 6.61 Å². The second-order valence-corrected chi connectivity index (χ2v) is 5.73. The van der Waals surface area contributed by atoms with Crippen LogP contribution in [0.3, 0.4) is 0 Å². The number of ether oxygens (including phenoxy) is 1. The van der Waals surface area contributed by atoms with Gasteiger partial charge in [-0.2, -0.15) is 0 Å². The van der Waals surface area contributed by atoms with Crippen LogP contribution < -0.4 is 10.6 Å². The molecule has 0 radical (unpaired) electrons. The van der Waals surface area contributed by atoms with Crippen molar-refractivity contribution in [2.45, 2.75) is 19.9 Å². The minimum Gasteiger partial charge on any atom is -0.458 e. The van der Waals surface area contributed by atoms with Gasteiger partial charge < -0.3 is 15.4 Å². The molecule has 0 spiro atoms. The molecule has 1 unspecified atom stereocenters. The third kappa shape index (κ3) is 4.06. The van der Waals surface area contributed by atoms with Crippen molar-refractivity contribution < 1.29 is 14.3 Å². The number of halogens is 2. The Morgan fingerprint density at radius 3 is 2.74 bits per heavy atom. The molecule has 0 bridgehead atoms. The topological polar surface area (TPSA) is 67.4 Å². The maximum Gasteiger partial charge on any atom is 0.338 e. The van der Waals surface area contributed by atoms with Crippen LogP contribution >= 0.6 is 23.2 Å². The Hall–Kier alpha value is -1.98. The Kier molecular flexibility index (Phi) is 5.69. The van der Waals surface area contributed by atoms with Gasteiger partial charge in [0, 0.05) is 5.70 Å². The smallest absolute Gasteiger partial charge is 0.338 e. The van der Waals surface area contributed by atoms with Crippen LogP contribution in [0.2, 0.25) is 10.0 Å². The number of esters is 1. The Morgan fingerprint density at radius 2 is 2.09 bits per heavy atom. The zero-order chi connectivity index (χ0) is 17.0. The quantitative estimate of drug-likeness (QED) is 0.639. The molecule has 2 N–H and O–H groups in total. The van der Waals surface area contributed by atoms with E-state index >= 15 is 0 Å². The highest BCUT2D eigenvalue weighted by Crippen LogP contribution is 2.31. The number of urea groups is 1. The molecule has 0 saturated heterocycles. The van der Waals surface area contributed by atoms with E-state index in [9.17, 15) is 9.59 Å². The third-order valence-corrected chi connectivity index (χ3v) is 4.05. The largest absolute Gasteiger partial charge is 0.458 e. The van der Waals surface area contributed by atoms with Gasteiger partial charge in [0.2, 0.25) is 0 Å². The van der Waals surface area contributed by atoms with Gasteiger partial charge in [-0.3, -0.25) is 0 Å². The van der Waals surface area contributed by atoms with E-state index < -0.39 is 18.0 Å². The number of hydrogen-bond acceptors (Lipinski definition) is 3. The molecule has 1 aliphatic heterocycles. The second-order valence-electron chi connectivity index (χ2n) is 4.91. The van der Waals surface area contributed by atoms with Gasteiger partial charge in [0.05, 0.1) is 21.7 Å². The summed E-state index contributed by atoms with van der Waals surface area (Å²) in [6.07, 6.45) is 3.50. The van der Waals surface area contributed by atoms with Crippen molar-refractivity contribution in [3.8, 4) is 0 Å². The molecule has 1 heterocycles. The number of carbonyl (C=O) groups excluding carboxylic acids is 2. The van der Waals surface area contributed by atoms with Crippen LogP contribution in [-0.2, 0) is 9.53 Å². The van der Waals surface area contributed by atoms with Crippen molar-refractivity contribution in [2.24, 2.45) is 0 Å². The van der Waals surface area contributed by atoms with E-state index in [-0.39, 0.29) is 6.61 Å². The molecule has 23 heavy (non-hydrogen) atoms. The van der Waals surface area contributed by atoms with Crippen LogP contribution in [0.15, 0.2) is 41.6 Å². The van der Waals surface area contributed by atoms with E-state index in [1.807, 2.05) is 6.92 Å². The monoisotopic (exact) mass is 354 g/mol. The first-order valence-corrected chi connectivity index (χ1v) is 7.71. The summed E-state index contributed by atoms with van der Waals surface area (Å²) in [6, 6.07) is 3.88. The number of amides is 2. The second kappa shape index (κ2) is 7.53. The zero-order valence-electron chi connectivity index (χ0n) is 12.7. The standard InChI is InChI=1S/C16H16Cl2N2O3/c1-3-4-7-23-15(21)13-9(2)19-16(22)20-14(13)10-5-6-11(17)12(18)8-10/h3-6,8,14H,7H2,1-2H3,(H2,19,20,22)/b4-3+. The number of rotatable bonds is 4. The molecule has 2 rings (SSSR count). The molecular formula is C16H16Cl2N2O3. The lowest BCUT2D eigenvalue weighted by Gasteiger charge is -2.28. The number of nitrogens with one attached hydrogen (secondary N) is 2. The van der Waals surface area contributed by atoms with E-state index in [1.165, 1.54) is 0 Å². The molecule has 122 valence electrons. The average Bonchev–Trinajstić information content (AvgIpc) is 2.49. The van der Waals surface area contributed by atoms with Gasteiger partial charge in [0.25, 0.3) is 0 Å². The molecule has 0 saturated carbocycles. The first-order chi connectivity index (χ1) is 10.9. The summed E-state index contributed by atoms with van der Waals surface area (Å²) in [5.74, 6) is -0.510. The first-order valence-electron chi connectivity index (χ1n) is 6.95. The molecule has 1 atom stereocenters. The molecule has 0 aliphatic carbocycles. The summed E-state index contributed by atoms with van der Waals surface area (Å²) in [7, 11) is 0. The maximum absolute atomic E-state index is 12.4. The Balaban J connectivity index is 2.37. The van der Waals surface area contributed by atoms with Crippen LogP contribution in [0.1, 0.15) is 25.5 Å². The van der Waals surface area contributed by atoms with E-state index in [4.69, 9.17) is 27.9 Å². The fourth-order valence-electron chi connectivity index (χ4n) is 2.20. The lowest BCUT2D eigenvalue weighted by molar-refractivity contribution is -0.138. The van der Waals surface area contributed by atoms with Crippen LogP contribution in [0, 0.1) is 0 Å². The molecule has 2 amide bonds. The van der Waals surface area contributed by atoms with E-state index in [1.54, 1.807) is 37.3 Å². The number of benzene rings is 1. The lowest BCUT2D eigenvalue weighted by atomic mass is 9.95. The van der Waals surface area contributed by atoms with Crippen LogP contribution in [-0.4, -0.2) is 18.6 Å². The fourth-order valence-corrected chi connectivity index (χ4v) is 2.51. The van der Waals surface area contributed by atoms with Crippen molar-refractivity contribution in [3.05, 3.63) is 57.2 Å². The van der Waals surface area contributed by atoms with Crippen molar-refractivity contribution in [1.29, 1.82) is 0 Å². The first kappa shape index (κ1) is 17.4. The maximum atomic E-state index is 12.4. The predicted octanol–water partition coefficient (Wildman–Crippen LogP) is 3.74. The highest BCUT2D eigenvalue weighted by Gasteiger charge is 2.32. The molecule has 1 aromatic rings. The SMILES string of the molecule is C/C=C/COC(=O)C1=C(C)NC(=O)NC1c1ccc(Cl)c(Cl)c1. The van der Waals surface area contributed by atoms with Crippen molar-refractivity contribution in [1.82, 2.24) is 10.6 Å². The Bertz CT molecular complexity index is 699. The predicted molar refractivity (Wildman–Crippen MR) is 89.3 cm³/mol. The van der Waals surface area contributed by atoms with Crippen LogP contribution in [0.25, 0.3) is 0 Å². The van der Waals surface area contributed by atoms with Crippen molar-refractivity contribution in [3.63, 3.8) is 0 Å². The summed E-state index contributed by atoms with van der Waals surface area (Å²) in [5, 5.41) is 6.02. The number of carbonyl (C=O) groups is 2. The molecule has 5 nitrogen and oxygen atoms in total. The normalized spacial score (nSPS) is 17.9. The Morgan fingerprint density at radius 1 is 1.35 bits per heavy atom. The summed E-state index contributed by atoms with van der Waals surface area (Å²) in [5.41, 5.74) is 1.41. The molecule has 1 aliphatic rings. The summed E-state index contributed by atoms with van der Waals surface area (Å²) < 4.78 is 5.20. The van der Waals surface area contributed by atoms with E-state index in [0.717, 1.165) is 0 Å². The van der Waals surface area contributed by atoms with Gasteiger partial charge in [-0.05, 0) is 31.5 Å². The summed E-state index contributed by atoms with van der Waals surface area (Å²) >= 11 is 12.0.